The third kappa shape index (κ3) is 7.79. The van der Waals surface area contributed by atoms with Gasteiger partial charge in [0.2, 0.25) is 0 Å². The van der Waals surface area contributed by atoms with E-state index in [4.69, 9.17) is 5.10 Å². The van der Waals surface area contributed by atoms with Crippen molar-refractivity contribution in [2.24, 2.45) is 5.92 Å². The molecular weight excluding hydrogens is 534 g/mol. The molecule has 4 aromatic rings. The second kappa shape index (κ2) is 13.4. The lowest BCUT2D eigenvalue weighted by Crippen LogP contribution is -2.33. The minimum Gasteiger partial charge on any atom is -0.317 e. The molecule has 0 bridgehead atoms. The Kier molecular flexibility index (Phi) is 9.41. The summed E-state index contributed by atoms with van der Waals surface area (Å²) in [5, 5.41) is 14.2. The van der Waals surface area contributed by atoms with Crippen molar-refractivity contribution in [2.45, 2.75) is 64.7 Å². The highest BCUT2D eigenvalue weighted by molar-refractivity contribution is 5.99. The molecule has 1 fully saturated rings. The summed E-state index contributed by atoms with van der Waals surface area (Å²) in [6, 6.07) is 27.6. The normalized spacial score (nSPS) is 14.7. The fourth-order valence-corrected chi connectivity index (χ4v) is 5.74. The number of nitrogens with one attached hydrogen (secondary N) is 3. The van der Waals surface area contributed by atoms with E-state index >= 15 is 0 Å². The number of aryl methyl sites for hydroxylation is 2. The highest BCUT2D eigenvalue weighted by Gasteiger charge is 2.30. The first kappa shape index (κ1) is 30.2. The predicted octanol–water partition coefficient (Wildman–Crippen LogP) is 7.41. The average molecular weight is 578 g/mol. The Balaban J connectivity index is 1.30. The van der Waals surface area contributed by atoms with E-state index in [9.17, 15) is 9.59 Å². The molecule has 7 heteroatoms. The summed E-state index contributed by atoms with van der Waals surface area (Å²) in [6.45, 7) is 10.2. The first-order valence-corrected chi connectivity index (χ1v) is 15.3. The van der Waals surface area contributed by atoms with Gasteiger partial charge in [-0.1, -0.05) is 80.9 Å². The molecule has 0 saturated carbocycles. The minimum absolute atomic E-state index is 0.145. The lowest BCUT2D eigenvalue weighted by Gasteiger charge is -2.30. The first-order valence-electron chi connectivity index (χ1n) is 15.3. The molecule has 224 valence electrons. The van der Waals surface area contributed by atoms with Gasteiger partial charge >= 0.3 is 6.03 Å². The second-order valence-corrected chi connectivity index (χ2v) is 12.6. The summed E-state index contributed by atoms with van der Waals surface area (Å²) in [5.41, 5.74) is 5.60. The van der Waals surface area contributed by atoms with Crippen molar-refractivity contribution < 1.29 is 9.59 Å². The summed E-state index contributed by atoms with van der Waals surface area (Å²) in [7, 11) is 0. The molecule has 0 spiro atoms. The number of nitrogens with zero attached hydrogens (tertiary/aromatic N) is 2. The molecule has 1 aliphatic rings. The summed E-state index contributed by atoms with van der Waals surface area (Å²) in [6.07, 6.45) is 3.23. The minimum atomic E-state index is -0.352. The van der Waals surface area contributed by atoms with Gasteiger partial charge in [-0.05, 0) is 80.6 Å². The zero-order chi connectivity index (χ0) is 30.4. The number of hydrogen-bond donors (Lipinski definition) is 3. The number of carbonyl (C=O) groups is 2. The van der Waals surface area contributed by atoms with Crippen molar-refractivity contribution in [3.05, 3.63) is 107 Å². The van der Waals surface area contributed by atoms with Crippen LogP contribution in [0.15, 0.2) is 84.9 Å². The maximum Gasteiger partial charge on any atom is 0.324 e. The number of amides is 2. The van der Waals surface area contributed by atoms with Crippen LogP contribution >= 0.6 is 0 Å². The molecule has 1 unspecified atom stereocenters. The maximum absolute atomic E-state index is 13.6. The van der Waals surface area contributed by atoms with Crippen molar-refractivity contribution in [3.63, 3.8) is 0 Å². The quantitative estimate of drug-likeness (QED) is 0.193. The molecular formula is C36H43N5O2. The van der Waals surface area contributed by atoms with E-state index in [2.05, 4.69) is 48.9 Å². The van der Waals surface area contributed by atoms with E-state index < -0.39 is 0 Å². The topological polar surface area (TPSA) is 88.1 Å². The molecule has 1 aromatic heterocycles. The van der Waals surface area contributed by atoms with E-state index in [-0.39, 0.29) is 23.1 Å². The SMILES string of the molecule is Cc1ccc(-n2nc(C(C)(C)C)cc2NC(=O)Nc2ccc(C(C(=O)CCc3ccccc3)C3CCNCC3)cc2)cc1. The fraction of sp³-hybridized carbons (Fsp3) is 0.361. The number of piperidine rings is 1. The summed E-state index contributed by atoms with van der Waals surface area (Å²) in [5.74, 6) is 1.05. The van der Waals surface area contributed by atoms with Crippen LogP contribution in [0.3, 0.4) is 0 Å². The van der Waals surface area contributed by atoms with Crippen molar-refractivity contribution in [1.29, 1.82) is 0 Å². The Bertz CT molecular complexity index is 1510. The summed E-state index contributed by atoms with van der Waals surface area (Å²) in [4.78, 5) is 26.8. The monoisotopic (exact) mass is 577 g/mol. The Morgan fingerprint density at radius 1 is 0.930 bits per heavy atom. The zero-order valence-corrected chi connectivity index (χ0v) is 25.7. The number of hydrogen-bond acceptors (Lipinski definition) is 4. The van der Waals surface area contributed by atoms with Crippen molar-refractivity contribution in [2.75, 3.05) is 23.7 Å². The van der Waals surface area contributed by atoms with Gasteiger partial charge < -0.3 is 10.6 Å². The number of anilines is 2. The van der Waals surface area contributed by atoms with Gasteiger partial charge in [-0.25, -0.2) is 9.48 Å². The summed E-state index contributed by atoms with van der Waals surface area (Å²) < 4.78 is 1.77. The van der Waals surface area contributed by atoms with Crippen molar-refractivity contribution in [1.82, 2.24) is 15.1 Å². The molecule has 2 amide bonds. The Morgan fingerprint density at radius 3 is 2.26 bits per heavy atom. The smallest absolute Gasteiger partial charge is 0.317 e. The van der Waals surface area contributed by atoms with Crippen LogP contribution in [0.25, 0.3) is 5.69 Å². The molecule has 1 atom stereocenters. The van der Waals surface area contributed by atoms with Crippen LogP contribution in [-0.4, -0.2) is 34.7 Å². The Labute approximate surface area is 255 Å². The van der Waals surface area contributed by atoms with Crippen LogP contribution in [0.2, 0.25) is 0 Å². The van der Waals surface area contributed by atoms with Gasteiger partial charge in [0.25, 0.3) is 0 Å². The molecule has 0 aliphatic carbocycles. The van der Waals surface area contributed by atoms with Crippen LogP contribution in [0, 0.1) is 12.8 Å². The van der Waals surface area contributed by atoms with E-state index in [0.717, 1.165) is 54.9 Å². The third-order valence-corrected chi connectivity index (χ3v) is 8.23. The molecule has 0 radical (unpaired) electrons. The Hall–Kier alpha value is -4.23. The second-order valence-electron chi connectivity index (χ2n) is 12.6. The van der Waals surface area contributed by atoms with Crippen LogP contribution < -0.4 is 16.0 Å². The van der Waals surface area contributed by atoms with Crippen molar-refractivity contribution in [3.8, 4) is 5.69 Å². The third-order valence-electron chi connectivity index (χ3n) is 8.23. The Morgan fingerprint density at radius 2 is 1.60 bits per heavy atom. The molecule has 3 aromatic carbocycles. The fourth-order valence-electron chi connectivity index (χ4n) is 5.74. The molecule has 3 N–H and O–H groups in total. The van der Waals surface area contributed by atoms with Gasteiger partial charge in [-0.2, -0.15) is 5.10 Å². The highest BCUT2D eigenvalue weighted by Crippen LogP contribution is 2.34. The highest BCUT2D eigenvalue weighted by atomic mass is 16.2. The first-order chi connectivity index (χ1) is 20.7. The van der Waals surface area contributed by atoms with Gasteiger partial charge in [-0.15, -0.1) is 0 Å². The predicted molar refractivity (Wildman–Crippen MR) is 174 cm³/mol. The molecule has 2 heterocycles. The number of urea groups is 1. The van der Waals surface area contributed by atoms with E-state index in [1.54, 1.807) is 4.68 Å². The number of aromatic nitrogens is 2. The van der Waals surface area contributed by atoms with Gasteiger partial charge in [0.15, 0.2) is 0 Å². The molecule has 43 heavy (non-hydrogen) atoms. The van der Waals surface area contributed by atoms with Gasteiger partial charge in [0.05, 0.1) is 11.4 Å². The zero-order valence-electron chi connectivity index (χ0n) is 25.7. The lowest BCUT2D eigenvalue weighted by atomic mass is 9.76. The maximum atomic E-state index is 13.6. The van der Waals surface area contributed by atoms with Crippen LogP contribution in [0.1, 0.15) is 68.3 Å². The summed E-state index contributed by atoms with van der Waals surface area (Å²) >= 11 is 0. The van der Waals surface area contributed by atoms with Crippen LogP contribution in [0.5, 0.6) is 0 Å². The number of benzene rings is 3. The largest absolute Gasteiger partial charge is 0.324 e. The van der Waals surface area contributed by atoms with E-state index in [1.807, 2.05) is 79.7 Å². The number of carbonyl (C=O) groups excluding carboxylic acids is 2. The molecule has 7 nitrogen and oxygen atoms in total. The van der Waals surface area contributed by atoms with Crippen LogP contribution in [0.4, 0.5) is 16.3 Å². The van der Waals surface area contributed by atoms with Gasteiger partial charge in [0.1, 0.15) is 11.6 Å². The van der Waals surface area contributed by atoms with Crippen LogP contribution in [-0.2, 0) is 16.6 Å². The van der Waals surface area contributed by atoms with Gasteiger partial charge in [0, 0.05) is 29.5 Å². The molecule has 1 aliphatic heterocycles. The van der Waals surface area contributed by atoms with E-state index in [0.29, 0.717) is 23.8 Å². The standard InChI is InChI=1S/C36H43N5O2/c1-25-10-17-30(18-11-25)41-33(24-32(40-41)36(2,3)4)39-35(43)38-29-15-13-27(14-16-29)34(28-20-22-37-23-21-28)31(42)19-12-26-8-6-5-7-9-26/h5-11,13-18,24,28,34,37H,12,19-23H2,1-4H3,(H2,38,39,43). The average Bonchev–Trinajstić information content (AvgIpc) is 3.43. The van der Waals surface area contributed by atoms with E-state index in [1.165, 1.54) is 5.56 Å². The molecule has 1 saturated heterocycles. The number of ketones is 1. The molecule has 5 rings (SSSR count). The number of rotatable bonds is 9. The lowest BCUT2D eigenvalue weighted by molar-refractivity contribution is -0.121. The van der Waals surface area contributed by atoms with Crippen molar-refractivity contribution >= 4 is 23.3 Å². The van der Waals surface area contributed by atoms with Gasteiger partial charge in [-0.3, -0.25) is 10.1 Å². The number of Topliss-reactive ketones (excluding diaryl/α,β-unsaturated/α-hetero) is 1.